The summed E-state index contributed by atoms with van der Waals surface area (Å²) >= 11 is 5.50. The van der Waals surface area contributed by atoms with Gasteiger partial charge in [-0.3, -0.25) is 4.79 Å². The molecule has 0 aliphatic carbocycles. The van der Waals surface area contributed by atoms with Gasteiger partial charge in [0, 0.05) is 11.3 Å². The maximum atomic E-state index is 11.2. The molecule has 0 N–H and O–H groups in total. The Morgan fingerprint density at radius 2 is 1.92 bits per heavy atom. The second-order valence-electron chi connectivity index (χ2n) is 3.07. The van der Waals surface area contributed by atoms with E-state index in [0.29, 0.717) is 0 Å². The van der Waals surface area contributed by atoms with Crippen molar-refractivity contribution in [1.29, 1.82) is 0 Å². The van der Waals surface area contributed by atoms with Crippen LogP contribution < -0.4 is 0 Å². The zero-order chi connectivity index (χ0) is 9.78. The topological polar surface area (TPSA) is 43.4 Å². The van der Waals surface area contributed by atoms with Crippen molar-refractivity contribution in [2.75, 3.05) is 12.5 Å². The number of ketones is 1. The number of hydrogen-bond acceptors (Lipinski definition) is 3. The highest BCUT2D eigenvalue weighted by molar-refractivity contribution is 6.37. The van der Waals surface area contributed by atoms with Gasteiger partial charge in [0.25, 0.3) is 0 Å². The zero-order valence-corrected chi connectivity index (χ0v) is 8.27. The Morgan fingerprint density at radius 3 is 2.25 bits per heavy atom. The van der Waals surface area contributed by atoms with Crippen LogP contribution in [0.15, 0.2) is 0 Å². The molecule has 0 aliphatic rings. The second-order valence-corrected chi connectivity index (χ2v) is 3.33. The number of alkyl halides is 1. The lowest BCUT2D eigenvalue weighted by atomic mass is 9.91. The maximum Gasteiger partial charge on any atom is 0.375 e. The molecule has 0 heterocycles. The molecule has 0 saturated heterocycles. The Morgan fingerprint density at radius 1 is 1.42 bits per heavy atom. The number of ether oxygens (including phenoxy) is 1. The summed E-state index contributed by atoms with van der Waals surface area (Å²) in [5.74, 6) is -1.26. The van der Waals surface area contributed by atoms with E-state index in [1.165, 1.54) is 0 Å². The molecule has 0 aromatic carbocycles. The predicted molar refractivity (Wildman–Crippen MR) is 46.1 cm³/mol. The molecule has 0 saturated carbocycles. The van der Waals surface area contributed by atoms with Gasteiger partial charge in [0.05, 0.1) is 6.61 Å². The zero-order valence-electron chi connectivity index (χ0n) is 7.52. The lowest BCUT2D eigenvalue weighted by molar-refractivity contribution is -0.157. The van der Waals surface area contributed by atoms with Crippen LogP contribution in [0.25, 0.3) is 0 Å². The second kappa shape index (κ2) is 4.45. The molecule has 4 heteroatoms. The van der Waals surface area contributed by atoms with Crippen molar-refractivity contribution in [3.63, 3.8) is 0 Å². The first-order valence-electron chi connectivity index (χ1n) is 3.73. The largest absolute Gasteiger partial charge is 0.460 e. The van der Waals surface area contributed by atoms with Gasteiger partial charge in [0.15, 0.2) is 0 Å². The monoisotopic (exact) mass is 192 g/mol. The van der Waals surface area contributed by atoms with E-state index in [9.17, 15) is 9.59 Å². The molecule has 0 rings (SSSR count). The highest BCUT2D eigenvalue weighted by Crippen LogP contribution is 2.18. The average Bonchev–Trinajstić information content (AvgIpc) is 2.03. The number of rotatable bonds is 4. The molecule has 0 unspecified atom stereocenters. The Labute approximate surface area is 77.0 Å². The highest BCUT2D eigenvalue weighted by Gasteiger charge is 2.33. The number of Topliss-reactive ketones (excluding diaryl/α,β-unsaturated/α-hetero) is 1. The maximum absolute atomic E-state index is 11.2. The van der Waals surface area contributed by atoms with Gasteiger partial charge in [-0.2, -0.15) is 0 Å². The van der Waals surface area contributed by atoms with Gasteiger partial charge < -0.3 is 4.74 Å². The lowest BCUT2D eigenvalue weighted by Gasteiger charge is -2.17. The van der Waals surface area contributed by atoms with Gasteiger partial charge in [0.1, 0.15) is 0 Å². The number of esters is 1. The van der Waals surface area contributed by atoms with Crippen LogP contribution in [0.2, 0.25) is 0 Å². The first-order chi connectivity index (χ1) is 5.45. The molecule has 0 fully saturated rings. The van der Waals surface area contributed by atoms with Crippen molar-refractivity contribution in [1.82, 2.24) is 0 Å². The van der Waals surface area contributed by atoms with E-state index in [4.69, 9.17) is 11.6 Å². The van der Waals surface area contributed by atoms with Crippen LogP contribution in [0.4, 0.5) is 0 Å². The summed E-state index contributed by atoms with van der Waals surface area (Å²) in [6, 6.07) is 0. The van der Waals surface area contributed by atoms with Crippen molar-refractivity contribution in [2.45, 2.75) is 20.8 Å². The molecule has 70 valence electrons. The smallest absolute Gasteiger partial charge is 0.375 e. The van der Waals surface area contributed by atoms with Crippen molar-refractivity contribution < 1.29 is 14.3 Å². The van der Waals surface area contributed by atoms with Crippen LogP contribution in [0.5, 0.6) is 0 Å². The van der Waals surface area contributed by atoms with Gasteiger partial charge in [-0.15, -0.1) is 11.6 Å². The molecule has 0 aliphatic heterocycles. The average molecular weight is 193 g/mol. The van der Waals surface area contributed by atoms with Gasteiger partial charge in [-0.1, -0.05) is 13.8 Å². The number of halogens is 1. The summed E-state index contributed by atoms with van der Waals surface area (Å²) in [5.41, 5.74) is -0.826. The van der Waals surface area contributed by atoms with Crippen LogP contribution >= 0.6 is 11.6 Å². The summed E-state index contributed by atoms with van der Waals surface area (Å²) in [4.78, 5) is 22.1. The number of carbonyl (C=O) groups is 2. The minimum absolute atomic E-state index is 0.116. The summed E-state index contributed by atoms with van der Waals surface area (Å²) in [7, 11) is 0. The molecule has 0 bridgehead atoms. The van der Waals surface area contributed by atoms with Crippen molar-refractivity contribution >= 4 is 23.4 Å². The summed E-state index contributed by atoms with van der Waals surface area (Å²) < 4.78 is 4.54. The molecule has 0 aromatic heterocycles. The summed E-state index contributed by atoms with van der Waals surface area (Å²) in [6.07, 6.45) is 0. The minimum atomic E-state index is -0.826. The molecular weight excluding hydrogens is 180 g/mol. The normalized spacial score (nSPS) is 11.0. The lowest BCUT2D eigenvalue weighted by Crippen LogP contribution is -2.34. The Bertz CT molecular complexity index is 187. The van der Waals surface area contributed by atoms with Crippen LogP contribution in [0.3, 0.4) is 0 Å². The van der Waals surface area contributed by atoms with Crippen molar-refractivity contribution in [3.05, 3.63) is 0 Å². The van der Waals surface area contributed by atoms with Crippen molar-refractivity contribution in [2.24, 2.45) is 5.41 Å². The fraction of sp³-hybridized carbons (Fsp3) is 0.750. The number of carbonyl (C=O) groups excluding carboxylic acids is 2. The van der Waals surface area contributed by atoms with Crippen LogP contribution in [-0.4, -0.2) is 24.2 Å². The van der Waals surface area contributed by atoms with Crippen LogP contribution in [-0.2, 0) is 14.3 Å². The Hall–Kier alpha value is -0.570. The van der Waals surface area contributed by atoms with Crippen molar-refractivity contribution in [3.8, 4) is 0 Å². The van der Waals surface area contributed by atoms with Crippen LogP contribution in [0.1, 0.15) is 20.8 Å². The standard InChI is InChI=1S/C8H13ClO3/c1-4-12-7(11)6(10)8(2,3)5-9/h4-5H2,1-3H3. The van der Waals surface area contributed by atoms with E-state index >= 15 is 0 Å². The third kappa shape index (κ3) is 2.81. The Kier molecular flexibility index (Phi) is 4.24. The molecule has 12 heavy (non-hydrogen) atoms. The summed E-state index contributed by atoms with van der Waals surface area (Å²) in [5, 5.41) is 0. The minimum Gasteiger partial charge on any atom is -0.460 e. The summed E-state index contributed by atoms with van der Waals surface area (Å²) in [6.45, 7) is 5.08. The SMILES string of the molecule is CCOC(=O)C(=O)C(C)(C)CCl. The predicted octanol–water partition coefficient (Wildman–Crippen LogP) is 1.38. The van der Waals surface area contributed by atoms with Crippen LogP contribution in [0, 0.1) is 5.41 Å². The fourth-order valence-corrected chi connectivity index (χ4v) is 0.655. The van der Waals surface area contributed by atoms with E-state index in [2.05, 4.69) is 4.74 Å². The molecule has 0 aromatic rings. The number of hydrogen-bond donors (Lipinski definition) is 0. The van der Waals surface area contributed by atoms with E-state index in [1.54, 1.807) is 20.8 Å². The van der Waals surface area contributed by atoms with E-state index in [-0.39, 0.29) is 12.5 Å². The van der Waals surface area contributed by atoms with Gasteiger partial charge >= 0.3 is 5.97 Å². The van der Waals surface area contributed by atoms with E-state index in [1.807, 2.05) is 0 Å². The first kappa shape index (κ1) is 11.4. The van der Waals surface area contributed by atoms with E-state index in [0.717, 1.165) is 0 Å². The Balaban J connectivity index is 4.29. The molecular formula is C8H13ClO3. The molecule has 0 atom stereocenters. The van der Waals surface area contributed by atoms with Gasteiger partial charge in [-0.25, -0.2) is 4.79 Å². The highest BCUT2D eigenvalue weighted by atomic mass is 35.5. The fourth-order valence-electron chi connectivity index (χ4n) is 0.534. The quantitative estimate of drug-likeness (QED) is 0.384. The van der Waals surface area contributed by atoms with E-state index < -0.39 is 17.2 Å². The molecule has 0 radical (unpaired) electrons. The first-order valence-corrected chi connectivity index (χ1v) is 4.26. The van der Waals surface area contributed by atoms with Gasteiger partial charge in [0.2, 0.25) is 5.78 Å². The molecule has 0 spiro atoms. The third-order valence-electron chi connectivity index (χ3n) is 1.41. The third-order valence-corrected chi connectivity index (χ3v) is 2.08. The van der Waals surface area contributed by atoms with Gasteiger partial charge in [-0.05, 0) is 6.92 Å². The molecule has 0 amide bonds. The molecule has 3 nitrogen and oxygen atoms in total.